The molecule has 0 amide bonds. The van der Waals surface area contributed by atoms with Crippen LogP contribution in [0.25, 0.3) is 0 Å². The van der Waals surface area contributed by atoms with Gasteiger partial charge in [-0.05, 0) is 57.5 Å². The van der Waals surface area contributed by atoms with E-state index in [4.69, 9.17) is 4.74 Å². The van der Waals surface area contributed by atoms with E-state index < -0.39 is 0 Å². The SMILES string of the molecule is CCOC(=O)CCC1CC(NCC2CCC2)CN(CC)C1. The first-order chi connectivity index (χ1) is 10.2. The van der Waals surface area contributed by atoms with Gasteiger partial charge in [-0.2, -0.15) is 0 Å². The average Bonchev–Trinajstić information content (AvgIpc) is 2.43. The molecule has 2 atom stereocenters. The minimum Gasteiger partial charge on any atom is -0.466 e. The smallest absolute Gasteiger partial charge is 0.305 e. The predicted octanol–water partition coefficient (Wildman–Crippen LogP) is 2.43. The number of nitrogens with zero attached hydrogens (tertiary/aromatic N) is 1. The Labute approximate surface area is 129 Å². The summed E-state index contributed by atoms with van der Waals surface area (Å²) in [5, 5.41) is 3.77. The van der Waals surface area contributed by atoms with Crippen molar-refractivity contribution in [3.8, 4) is 0 Å². The minimum absolute atomic E-state index is 0.0369. The Morgan fingerprint density at radius 1 is 1.24 bits per heavy atom. The van der Waals surface area contributed by atoms with Crippen LogP contribution < -0.4 is 5.32 Å². The van der Waals surface area contributed by atoms with Gasteiger partial charge in [-0.3, -0.25) is 4.79 Å². The number of carbonyl (C=O) groups excluding carboxylic acids is 1. The number of ether oxygens (including phenoxy) is 1. The number of piperidine rings is 1. The van der Waals surface area contributed by atoms with E-state index in [-0.39, 0.29) is 5.97 Å². The first kappa shape index (κ1) is 16.8. The highest BCUT2D eigenvalue weighted by Gasteiger charge is 2.27. The molecule has 0 spiro atoms. The van der Waals surface area contributed by atoms with Crippen LogP contribution in [0, 0.1) is 11.8 Å². The number of likely N-dealkylation sites (tertiary alicyclic amines) is 1. The molecule has 1 saturated heterocycles. The Balaban J connectivity index is 1.72. The third-order valence-corrected chi connectivity index (χ3v) is 5.04. The zero-order valence-corrected chi connectivity index (χ0v) is 13.8. The van der Waals surface area contributed by atoms with Gasteiger partial charge in [0.15, 0.2) is 0 Å². The average molecular weight is 296 g/mol. The van der Waals surface area contributed by atoms with Crippen LogP contribution in [0.2, 0.25) is 0 Å². The Morgan fingerprint density at radius 3 is 2.67 bits per heavy atom. The summed E-state index contributed by atoms with van der Waals surface area (Å²) in [6, 6.07) is 0.603. The maximum Gasteiger partial charge on any atom is 0.305 e. The normalized spacial score (nSPS) is 27.3. The van der Waals surface area contributed by atoms with E-state index in [1.807, 2.05) is 6.92 Å². The molecule has 2 unspecified atom stereocenters. The zero-order chi connectivity index (χ0) is 15.1. The van der Waals surface area contributed by atoms with E-state index in [0.29, 0.717) is 25.0 Å². The second kappa shape index (κ2) is 8.74. The first-order valence-corrected chi connectivity index (χ1v) is 8.82. The van der Waals surface area contributed by atoms with Gasteiger partial charge in [0.25, 0.3) is 0 Å². The van der Waals surface area contributed by atoms with Gasteiger partial charge in [0.1, 0.15) is 0 Å². The fourth-order valence-corrected chi connectivity index (χ4v) is 3.50. The van der Waals surface area contributed by atoms with Crippen LogP contribution >= 0.6 is 0 Å². The molecule has 0 radical (unpaired) electrons. The standard InChI is InChI=1S/C17H32N2O2/c1-3-19-12-15(8-9-17(20)21-4-2)10-16(13-19)18-11-14-6-5-7-14/h14-16,18H,3-13H2,1-2H3. The van der Waals surface area contributed by atoms with Crippen molar-refractivity contribution in [2.45, 2.75) is 58.4 Å². The van der Waals surface area contributed by atoms with Crippen molar-refractivity contribution in [1.29, 1.82) is 0 Å². The molecule has 1 saturated carbocycles. The molecule has 1 heterocycles. The molecule has 21 heavy (non-hydrogen) atoms. The molecule has 4 nitrogen and oxygen atoms in total. The topological polar surface area (TPSA) is 41.6 Å². The Hall–Kier alpha value is -0.610. The third-order valence-electron chi connectivity index (χ3n) is 5.04. The van der Waals surface area contributed by atoms with Crippen LogP contribution in [-0.4, -0.2) is 49.7 Å². The van der Waals surface area contributed by atoms with E-state index in [1.54, 1.807) is 0 Å². The molecule has 0 aromatic carbocycles. The molecule has 2 rings (SSSR count). The van der Waals surface area contributed by atoms with Gasteiger partial charge in [0.05, 0.1) is 6.61 Å². The van der Waals surface area contributed by atoms with Crippen molar-refractivity contribution in [1.82, 2.24) is 10.2 Å². The van der Waals surface area contributed by atoms with Crippen molar-refractivity contribution in [3.05, 3.63) is 0 Å². The summed E-state index contributed by atoms with van der Waals surface area (Å²) in [6.45, 7) is 9.20. The first-order valence-electron chi connectivity index (χ1n) is 8.82. The fourth-order valence-electron chi connectivity index (χ4n) is 3.50. The van der Waals surface area contributed by atoms with Crippen LogP contribution in [-0.2, 0) is 9.53 Å². The molecule has 4 heteroatoms. The van der Waals surface area contributed by atoms with E-state index in [2.05, 4.69) is 17.1 Å². The predicted molar refractivity (Wildman–Crippen MR) is 85.2 cm³/mol. The van der Waals surface area contributed by atoms with Gasteiger partial charge in [0.2, 0.25) is 0 Å². The van der Waals surface area contributed by atoms with Crippen LogP contribution in [0.5, 0.6) is 0 Å². The lowest BCUT2D eigenvalue weighted by molar-refractivity contribution is -0.143. The van der Waals surface area contributed by atoms with Crippen LogP contribution in [0.15, 0.2) is 0 Å². The van der Waals surface area contributed by atoms with Crippen LogP contribution in [0.3, 0.4) is 0 Å². The monoisotopic (exact) mass is 296 g/mol. The second-order valence-electron chi connectivity index (χ2n) is 6.70. The summed E-state index contributed by atoms with van der Waals surface area (Å²) in [5.41, 5.74) is 0. The lowest BCUT2D eigenvalue weighted by Crippen LogP contribution is -2.50. The summed E-state index contributed by atoms with van der Waals surface area (Å²) < 4.78 is 5.05. The van der Waals surface area contributed by atoms with Crippen molar-refractivity contribution in [2.24, 2.45) is 11.8 Å². The van der Waals surface area contributed by atoms with E-state index >= 15 is 0 Å². The van der Waals surface area contributed by atoms with Gasteiger partial charge in [-0.25, -0.2) is 0 Å². The molecule has 0 bridgehead atoms. The third kappa shape index (κ3) is 5.59. The number of rotatable bonds is 8. The highest BCUT2D eigenvalue weighted by atomic mass is 16.5. The largest absolute Gasteiger partial charge is 0.466 e. The number of nitrogens with one attached hydrogen (secondary N) is 1. The number of hydrogen-bond donors (Lipinski definition) is 1. The summed E-state index contributed by atoms with van der Waals surface area (Å²) in [5.74, 6) is 1.51. The fraction of sp³-hybridized carbons (Fsp3) is 0.941. The van der Waals surface area contributed by atoms with Gasteiger partial charge >= 0.3 is 5.97 Å². The van der Waals surface area contributed by atoms with Gasteiger partial charge in [0, 0.05) is 25.6 Å². The van der Waals surface area contributed by atoms with Crippen LogP contribution in [0.4, 0.5) is 0 Å². The summed E-state index contributed by atoms with van der Waals surface area (Å²) in [6.07, 6.45) is 6.98. The lowest BCUT2D eigenvalue weighted by atomic mass is 9.84. The Bertz CT molecular complexity index is 318. The molecule has 122 valence electrons. The van der Waals surface area contributed by atoms with Crippen LogP contribution in [0.1, 0.15) is 52.4 Å². The number of likely N-dealkylation sites (N-methyl/N-ethyl adjacent to an activating group) is 1. The Kier molecular flexibility index (Phi) is 6.97. The molecule has 1 aliphatic carbocycles. The minimum atomic E-state index is -0.0369. The quantitative estimate of drug-likeness (QED) is 0.699. The maximum atomic E-state index is 11.5. The summed E-state index contributed by atoms with van der Waals surface area (Å²) in [4.78, 5) is 14.1. The van der Waals surface area contributed by atoms with Crippen molar-refractivity contribution in [3.63, 3.8) is 0 Å². The Morgan fingerprint density at radius 2 is 2.05 bits per heavy atom. The highest BCUT2D eigenvalue weighted by Crippen LogP contribution is 2.26. The van der Waals surface area contributed by atoms with E-state index in [1.165, 1.54) is 38.8 Å². The maximum absolute atomic E-state index is 11.5. The second-order valence-corrected chi connectivity index (χ2v) is 6.70. The van der Waals surface area contributed by atoms with E-state index in [0.717, 1.165) is 25.4 Å². The molecule has 0 aromatic heterocycles. The van der Waals surface area contributed by atoms with Gasteiger partial charge < -0.3 is 15.0 Å². The number of esters is 1. The zero-order valence-electron chi connectivity index (χ0n) is 13.8. The van der Waals surface area contributed by atoms with Crippen molar-refractivity contribution < 1.29 is 9.53 Å². The molecular weight excluding hydrogens is 264 g/mol. The molecule has 0 aromatic rings. The lowest BCUT2D eigenvalue weighted by Gasteiger charge is -2.39. The summed E-state index contributed by atoms with van der Waals surface area (Å²) in [7, 11) is 0. The van der Waals surface area contributed by atoms with E-state index in [9.17, 15) is 4.79 Å². The molecule has 2 fully saturated rings. The highest BCUT2D eigenvalue weighted by molar-refractivity contribution is 5.69. The van der Waals surface area contributed by atoms with Crippen molar-refractivity contribution in [2.75, 3.05) is 32.8 Å². The molecular formula is C17H32N2O2. The molecule has 1 N–H and O–H groups in total. The molecule has 1 aliphatic heterocycles. The molecule has 2 aliphatic rings. The number of carbonyl (C=O) groups is 1. The van der Waals surface area contributed by atoms with Gasteiger partial charge in [-0.15, -0.1) is 0 Å². The number of hydrogen-bond acceptors (Lipinski definition) is 4. The van der Waals surface area contributed by atoms with Gasteiger partial charge in [-0.1, -0.05) is 13.3 Å². The summed E-state index contributed by atoms with van der Waals surface area (Å²) >= 11 is 0. The van der Waals surface area contributed by atoms with Crippen molar-refractivity contribution >= 4 is 5.97 Å².